The Kier molecular flexibility index (Phi) is 4.93. The molecule has 0 unspecified atom stereocenters. The molecule has 3 atom stereocenters. The molecule has 2 aliphatic heterocycles. The van der Waals surface area contributed by atoms with Gasteiger partial charge < -0.3 is 10.6 Å². The van der Waals surface area contributed by atoms with Crippen LogP contribution in [0.3, 0.4) is 0 Å². The number of fused-ring (bicyclic) bond motifs is 3. The summed E-state index contributed by atoms with van der Waals surface area (Å²) < 4.78 is 0. The minimum absolute atomic E-state index is 0.359. The first-order valence-corrected chi connectivity index (χ1v) is 10.5. The lowest BCUT2D eigenvalue weighted by Gasteiger charge is -2.39. The maximum Gasteiger partial charge on any atom is 0.247 e. The third kappa shape index (κ3) is 3.66. The topological polar surface area (TPSA) is 118 Å². The summed E-state index contributed by atoms with van der Waals surface area (Å²) in [5, 5.41) is 23.8. The summed E-state index contributed by atoms with van der Waals surface area (Å²) in [5.74, 6) is 2.74. The van der Waals surface area contributed by atoms with Gasteiger partial charge in [-0.2, -0.15) is 10.2 Å². The summed E-state index contributed by atoms with van der Waals surface area (Å²) in [4.78, 5) is 16.2. The van der Waals surface area contributed by atoms with Crippen LogP contribution >= 0.6 is 0 Å². The minimum Gasteiger partial charge on any atom is -0.367 e. The van der Waals surface area contributed by atoms with E-state index in [2.05, 4.69) is 47.8 Å². The SMILES string of the molecule is Cc1nc(Nc2cc3ncccc3c(N[C@@H]3C[C@H]4CC[C@@H](C3)N4CCC#N)n2)n[nH]1. The van der Waals surface area contributed by atoms with Gasteiger partial charge in [0.2, 0.25) is 5.95 Å². The number of anilines is 3. The molecule has 2 fully saturated rings. The van der Waals surface area contributed by atoms with Gasteiger partial charge in [-0.1, -0.05) is 0 Å². The molecule has 0 saturated carbocycles. The molecule has 3 aromatic rings. The Morgan fingerprint density at radius 2 is 2.10 bits per heavy atom. The van der Waals surface area contributed by atoms with Gasteiger partial charge in [0.05, 0.1) is 11.6 Å². The van der Waals surface area contributed by atoms with E-state index in [4.69, 9.17) is 10.2 Å². The molecule has 2 aliphatic rings. The van der Waals surface area contributed by atoms with Gasteiger partial charge in [-0.05, 0) is 44.7 Å². The van der Waals surface area contributed by atoms with Gasteiger partial charge in [0, 0.05) is 48.7 Å². The maximum absolute atomic E-state index is 8.95. The van der Waals surface area contributed by atoms with Crippen LogP contribution in [0.5, 0.6) is 0 Å². The zero-order valence-electron chi connectivity index (χ0n) is 17.0. The molecule has 154 valence electrons. The minimum atomic E-state index is 0.359. The number of nitrogens with one attached hydrogen (secondary N) is 3. The molecule has 3 N–H and O–H groups in total. The zero-order chi connectivity index (χ0) is 20.5. The van der Waals surface area contributed by atoms with Gasteiger partial charge in [0.15, 0.2) is 0 Å². The van der Waals surface area contributed by atoms with E-state index in [1.54, 1.807) is 6.20 Å². The number of pyridine rings is 2. The van der Waals surface area contributed by atoms with Crippen molar-refractivity contribution in [1.82, 2.24) is 30.0 Å². The highest BCUT2D eigenvalue weighted by molar-refractivity contribution is 5.91. The number of nitriles is 1. The largest absolute Gasteiger partial charge is 0.367 e. The van der Waals surface area contributed by atoms with Crippen molar-refractivity contribution < 1.29 is 0 Å². The number of nitrogens with zero attached hydrogens (tertiary/aromatic N) is 6. The molecule has 2 saturated heterocycles. The third-order valence-electron chi connectivity index (χ3n) is 6.14. The molecule has 2 bridgehead atoms. The highest BCUT2D eigenvalue weighted by atomic mass is 15.3. The van der Waals surface area contributed by atoms with Crippen molar-refractivity contribution in [3.8, 4) is 6.07 Å². The van der Waals surface area contributed by atoms with Crippen LogP contribution in [0.4, 0.5) is 17.6 Å². The van der Waals surface area contributed by atoms with Crippen molar-refractivity contribution in [2.45, 2.75) is 57.2 Å². The molecule has 9 heteroatoms. The van der Waals surface area contributed by atoms with E-state index in [0.29, 0.717) is 36.3 Å². The number of H-pyrrole nitrogens is 1. The van der Waals surface area contributed by atoms with Crippen molar-refractivity contribution in [3.05, 3.63) is 30.2 Å². The van der Waals surface area contributed by atoms with Crippen LogP contribution in [-0.2, 0) is 0 Å². The molecule has 3 aromatic heterocycles. The second-order valence-electron chi connectivity index (χ2n) is 8.14. The first-order valence-electron chi connectivity index (χ1n) is 10.5. The van der Waals surface area contributed by atoms with Crippen molar-refractivity contribution in [1.29, 1.82) is 5.26 Å². The molecule has 5 heterocycles. The standard InChI is InChI=1S/C21H25N9/c1-13-24-21(29-28-13)27-19-12-18-17(4-2-8-23-18)20(26-19)25-14-10-15-5-6-16(11-14)30(15)9-3-7-22/h2,4,8,12,14-16H,3,5-6,9-11H2,1H3,(H3,24,25,26,27,28,29)/t14-,15-,16+. The Labute approximate surface area is 174 Å². The summed E-state index contributed by atoms with van der Waals surface area (Å²) in [6.07, 6.45) is 6.98. The van der Waals surface area contributed by atoms with E-state index >= 15 is 0 Å². The lowest BCUT2D eigenvalue weighted by Crippen LogP contribution is -2.47. The highest BCUT2D eigenvalue weighted by Crippen LogP contribution is 2.37. The van der Waals surface area contributed by atoms with Gasteiger partial charge >= 0.3 is 0 Å². The van der Waals surface area contributed by atoms with E-state index in [1.165, 1.54) is 12.8 Å². The first-order chi connectivity index (χ1) is 14.7. The fourth-order valence-corrected chi connectivity index (χ4v) is 4.89. The molecule has 0 spiro atoms. The van der Waals surface area contributed by atoms with Gasteiger partial charge in [-0.25, -0.2) is 4.98 Å². The van der Waals surface area contributed by atoms with Crippen LogP contribution in [0.1, 0.15) is 37.9 Å². The van der Waals surface area contributed by atoms with Crippen molar-refractivity contribution in [3.63, 3.8) is 0 Å². The Balaban J connectivity index is 1.38. The van der Waals surface area contributed by atoms with Crippen molar-refractivity contribution in [2.75, 3.05) is 17.2 Å². The number of aryl methyl sites for hydroxylation is 1. The normalized spacial score (nSPS) is 23.4. The number of aromatic amines is 1. The predicted molar refractivity (Wildman–Crippen MR) is 114 cm³/mol. The lowest BCUT2D eigenvalue weighted by atomic mass is 9.97. The molecule has 0 radical (unpaired) electrons. The van der Waals surface area contributed by atoms with E-state index in [1.807, 2.05) is 19.1 Å². The van der Waals surface area contributed by atoms with Crippen LogP contribution < -0.4 is 10.6 Å². The molecule has 5 rings (SSSR count). The van der Waals surface area contributed by atoms with Crippen molar-refractivity contribution in [2.24, 2.45) is 0 Å². The number of rotatable bonds is 6. The highest BCUT2D eigenvalue weighted by Gasteiger charge is 2.40. The van der Waals surface area contributed by atoms with E-state index < -0.39 is 0 Å². The van der Waals surface area contributed by atoms with Crippen LogP contribution in [0.2, 0.25) is 0 Å². The van der Waals surface area contributed by atoms with Gasteiger partial charge in [0.25, 0.3) is 0 Å². The zero-order valence-corrected chi connectivity index (χ0v) is 17.0. The Hall–Kier alpha value is -3.25. The summed E-state index contributed by atoms with van der Waals surface area (Å²) in [7, 11) is 0. The van der Waals surface area contributed by atoms with E-state index in [0.717, 1.165) is 41.9 Å². The second kappa shape index (κ2) is 7.88. The summed E-state index contributed by atoms with van der Waals surface area (Å²) in [6, 6.07) is 9.66. The summed E-state index contributed by atoms with van der Waals surface area (Å²) in [5.41, 5.74) is 0.874. The Morgan fingerprint density at radius 1 is 1.27 bits per heavy atom. The molecule has 9 nitrogen and oxygen atoms in total. The van der Waals surface area contributed by atoms with Crippen LogP contribution in [0.25, 0.3) is 10.9 Å². The summed E-state index contributed by atoms with van der Waals surface area (Å²) >= 11 is 0. The summed E-state index contributed by atoms with van der Waals surface area (Å²) in [6.45, 7) is 2.75. The number of aromatic nitrogens is 5. The molecule has 30 heavy (non-hydrogen) atoms. The smallest absolute Gasteiger partial charge is 0.247 e. The van der Waals surface area contributed by atoms with E-state index in [9.17, 15) is 0 Å². The van der Waals surface area contributed by atoms with Gasteiger partial charge in [-0.15, -0.1) is 5.10 Å². The molecule has 0 aromatic carbocycles. The Morgan fingerprint density at radius 3 is 2.83 bits per heavy atom. The van der Waals surface area contributed by atoms with Crippen LogP contribution in [0.15, 0.2) is 24.4 Å². The van der Waals surface area contributed by atoms with Crippen LogP contribution in [0, 0.1) is 18.3 Å². The van der Waals surface area contributed by atoms with Gasteiger partial charge in [-0.3, -0.25) is 15.0 Å². The van der Waals surface area contributed by atoms with Crippen LogP contribution in [-0.4, -0.2) is 54.7 Å². The Bertz CT molecular complexity index is 1070. The number of piperidine rings is 1. The molecular formula is C21H25N9. The van der Waals surface area contributed by atoms with E-state index in [-0.39, 0.29) is 0 Å². The number of hydrogen-bond acceptors (Lipinski definition) is 8. The average molecular weight is 403 g/mol. The molecule has 0 amide bonds. The fourth-order valence-electron chi connectivity index (χ4n) is 4.89. The monoisotopic (exact) mass is 403 g/mol. The van der Waals surface area contributed by atoms with Crippen molar-refractivity contribution >= 4 is 28.5 Å². The maximum atomic E-state index is 8.95. The predicted octanol–water partition coefficient (Wildman–Crippen LogP) is 3.12. The average Bonchev–Trinajstić information content (AvgIpc) is 3.25. The lowest BCUT2D eigenvalue weighted by molar-refractivity contribution is 0.136. The first kappa shape index (κ1) is 18.8. The third-order valence-corrected chi connectivity index (χ3v) is 6.14. The quantitative estimate of drug-likeness (QED) is 0.574. The number of hydrogen-bond donors (Lipinski definition) is 3. The fraction of sp³-hybridized carbons (Fsp3) is 0.476. The second-order valence-corrected chi connectivity index (χ2v) is 8.14. The van der Waals surface area contributed by atoms with Gasteiger partial charge in [0.1, 0.15) is 17.5 Å². The molecule has 0 aliphatic carbocycles. The molecular weight excluding hydrogens is 378 g/mol.